The van der Waals surface area contributed by atoms with Gasteiger partial charge in [0.05, 0.1) is 0 Å². The van der Waals surface area contributed by atoms with E-state index in [-0.39, 0.29) is 0 Å². The summed E-state index contributed by atoms with van der Waals surface area (Å²) < 4.78 is 32.1. The minimum Gasteiger partial charge on any atom is -0.508 e. The summed E-state index contributed by atoms with van der Waals surface area (Å²) in [6, 6.07) is 6.13. The Kier molecular flexibility index (Phi) is 6.47. The van der Waals surface area contributed by atoms with Gasteiger partial charge in [-0.15, -0.1) is 0 Å². The second-order valence-electron chi connectivity index (χ2n) is 4.48. The van der Waals surface area contributed by atoms with Gasteiger partial charge >= 0.3 is 12.1 Å². The molecule has 1 aliphatic heterocycles. The van der Waals surface area contributed by atoms with E-state index in [1.165, 1.54) is 11.1 Å². The number of aromatic hydroxyl groups is 1. The first kappa shape index (κ1) is 17.8. The van der Waals surface area contributed by atoms with E-state index in [1.807, 2.05) is 12.1 Å². The van der Waals surface area contributed by atoms with Crippen LogP contribution < -0.4 is 11.1 Å². The molecule has 118 valence electrons. The fourth-order valence-corrected chi connectivity index (χ4v) is 2.46. The number of primary amides is 1. The maximum atomic E-state index is 10.7. The number of hydrogen-bond acceptors (Lipinski definition) is 3. The van der Waals surface area contributed by atoms with Crippen molar-refractivity contribution in [1.29, 1.82) is 0 Å². The molecule has 0 aliphatic carbocycles. The zero-order chi connectivity index (χ0) is 16.0. The van der Waals surface area contributed by atoms with Crippen LogP contribution in [-0.4, -0.2) is 29.1 Å². The molecule has 1 atom stereocenters. The van der Waals surface area contributed by atoms with Gasteiger partial charge in [-0.25, -0.2) is 0 Å². The van der Waals surface area contributed by atoms with Gasteiger partial charge in [0.1, 0.15) is 5.75 Å². The van der Waals surface area contributed by atoms with Crippen LogP contribution in [0.4, 0.5) is 13.2 Å². The first-order chi connectivity index (χ1) is 9.75. The molecule has 2 rings (SSSR count). The number of halogens is 4. The third-order valence-corrected chi connectivity index (χ3v) is 3.42. The van der Waals surface area contributed by atoms with Crippen molar-refractivity contribution in [3.8, 4) is 5.75 Å². The molecule has 0 saturated heterocycles. The molecular formula is C13H16BrF3N2O2. The van der Waals surface area contributed by atoms with Crippen LogP contribution in [0.25, 0.3) is 0 Å². The number of benzene rings is 1. The van der Waals surface area contributed by atoms with Gasteiger partial charge in [-0.05, 0) is 42.6 Å². The highest BCUT2D eigenvalue weighted by atomic mass is 79.9. The number of phenols is 1. The standard InChI is InChI=1S/C11H14BrNO.C2H2F3NO/c12-5-3-11-10-2-1-9(14)7-8(10)4-6-13-11;3-2(4,5)1(6)7/h1-2,7,11,13-14H,3-6H2;(H2,6,7)/t11-;/m1./s1. The number of phenolic OH excluding ortho intramolecular Hbond substituents is 1. The molecule has 0 fully saturated rings. The Labute approximate surface area is 128 Å². The summed E-state index contributed by atoms with van der Waals surface area (Å²) in [4.78, 5) is 9.12. The summed E-state index contributed by atoms with van der Waals surface area (Å²) in [6.07, 6.45) is -2.75. The van der Waals surface area contributed by atoms with Gasteiger partial charge in [0.25, 0.3) is 0 Å². The lowest BCUT2D eigenvalue weighted by Gasteiger charge is -2.26. The van der Waals surface area contributed by atoms with Crippen molar-refractivity contribution in [3.05, 3.63) is 29.3 Å². The summed E-state index contributed by atoms with van der Waals surface area (Å²) >= 11 is 3.46. The van der Waals surface area contributed by atoms with Gasteiger partial charge < -0.3 is 16.2 Å². The summed E-state index contributed by atoms with van der Waals surface area (Å²) in [5.41, 5.74) is 6.43. The average molecular weight is 369 g/mol. The first-order valence-corrected chi connectivity index (χ1v) is 7.35. The predicted molar refractivity (Wildman–Crippen MR) is 76.2 cm³/mol. The van der Waals surface area contributed by atoms with Gasteiger partial charge in [0, 0.05) is 11.4 Å². The lowest BCUT2D eigenvalue weighted by molar-refractivity contribution is -0.169. The number of nitrogens with two attached hydrogens (primary N) is 1. The number of rotatable bonds is 2. The number of carbonyl (C=O) groups is 1. The molecule has 0 radical (unpaired) electrons. The van der Waals surface area contributed by atoms with Crippen molar-refractivity contribution in [1.82, 2.24) is 5.32 Å². The largest absolute Gasteiger partial charge is 0.508 e. The Hall–Kier alpha value is -1.28. The zero-order valence-electron chi connectivity index (χ0n) is 11.1. The molecule has 1 aromatic rings. The van der Waals surface area contributed by atoms with E-state index < -0.39 is 12.1 Å². The Balaban J connectivity index is 0.000000270. The number of amides is 1. The normalized spacial score (nSPS) is 17.4. The van der Waals surface area contributed by atoms with Crippen molar-refractivity contribution in [2.45, 2.75) is 25.1 Å². The Morgan fingerprint density at radius 1 is 1.48 bits per heavy atom. The third-order valence-electron chi connectivity index (χ3n) is 2.96. The van der Waals surface area contributed by atoms with Crippen molar-refractivity contribution in [2.24, 2.45) is 5.73 Å². The van der Waals surface area contributed by atoms with E-state index >= 15 is 0 Å². The fourth-order valence-electron chi connectivity index (χ4n) is 2.01. The summed E-state index contributed by atoms with van der Waals surface area (Å²) in [5, 5.41) is 13.9. The van der Waals surface area contributed by atoms with Crippen molar-refractivity contribution >= 4 is 21.8 Å². The van der Waals surface area contributed by atoms with Crippen LogP contribution in [0.1, 0.15) is 23.6 Å². The van der Waals surface area contributed by atoms with Crippen LogP contribution in [0.5, 0.6) is 5.75 Å². The lowest BCUT2D eigenvalue weighted by atomic mass is 9.93. The van der Waals surface area contributed by atoms with E-state index in [9.17, 15) is 18.3 Å². The molecule has 0 spiro atoms. The van der Waals surface area contributed by atoms with Gasteiger partial charge in [-0.2, -0.15) is 13.2 Å². The molecule has 1 heterocycles. The van der Waals surface area contributed by atoms with E-state index in [2.05, 4.69) is 27.0 Å². The molecule has 1 aliphatic rings. The zero-order valence-corrected chi connectivity index (χ0v) is 12.7. The number of alkyl halides is 4. The molecule has 1 amide bonds. The Bertz CT molecular complexity index is 495. The Morgan fingerprint density at radius 3 is 2.62 bits per heavy atom. The van der Waals surface area contributed by atoms with Gasteiger partial charge in [-0.3, -0.25) is 4.79 Å². The van der Waals surface area contributed by atoms with Crippen LogP contribution in [0.2, 0.25) is 0 Å². The highest BCUT2D eigenvalue weighted by Crippen LogP contribution is 2.28. The fraction of sp³-hybridized carbons (Fsp3) is 0.462. The number of nitrogens with one attached hydrogen (secondary N) is 1. The molecular weight excluding hydrogens is 353 g/mol. The number of hydrogen-bond donors (Lipinski definition) is 3. The van der Waals surface area contributed by atoms with Crippen LogP contribution in [0.3, 0.4) is 0 Å². The van der Waals surface area contributed by atoms with Crippen molar-refractivity contribution in [3.63, 3.8) is 0 Å². The maximum Gasteiger partial charge on any atom is 0.470 e. The highest BCUT2D eigenvalue weighted by molar-refractivity contribution is 9.09. The highest BCUT2D eigenvalue weighted by Gasteiger charge is 2.35. The minimum absolute atomic E-state index is 0.378. The smallest absolute Gasteiger partial charge is 0.470 e. The van der Waals surface area contributed by atoms with Gasteiger partial charge in [0.15, 0.2) is 0 Å². The van der Waals surface area contributed by atoms with Crippen LogP contribution >= 0.6 is 15.9 Å². The van der Waals surface area contributed by atoms with Crippen LogP contribution in [0, 0.1) is 0 Å². The molecule has 0 saturated carbocycles. The molecule has 4 nitrogen and oxygen atoms in total. The first-order valence-electron chi connectivity index (χ1n) is 6.23. The molecule has 21 heavy (non-hydrogen) atoms. The monoisotopic (exact) mass is 368 g/mol. The van der Waals surface area contributed by atoms with Crippen molar-refractivity contribution < 1.29 is 23.1 Å². The minimum atomic E-state index is -4.86. The predicted octanol–water partition coefficient (Wildman–Crippen LogP) is 2.40. The Morgan fingerprint density at radius 2 is 2.10 bits per heavy atom. The SMILES string of the molecule is NC(=O)C(F)(F)F.Oc1ccc2c(c1)CCN[C@@H]2CCBr. The average Bonchev–Trinajstić information content (AvgIpc) is 2.38. The molecule has 0 bridgehead atoms. The van der Waals surface area contributed by atoms with Crippen LogP contribution in [-0.2, 0) is 11.2 Å². The second-order valence-corrected chi connectivity index (χ2v) is 5.27. The quantitative estimate of drug-likeness (QED) is 0.701. The molecule has 1 aromatic carbocycles. The van der Waals surface area contributed by atoms with Gasteiger partial charge in [-0.1, -0.05) is 22.0 Å². The lowest BCUT2D eigenvalue weighted by Crippen LogP contribution is -2.30. The maximum absolute atomic E-state index is 10.7. The van der Waals surface area contributed by atoms with Crippen molar-refractivity contribution in [2.75, 3.05) is 11.9 Å². The number of fused-ring (bicyclic) bond motifs is 1. The van der Waals surface area contributed by atoms with E-state index in [0.29, 0.717) is 11.8 Å². The van der Waals surface area contributed by atoms with E-state index in [4.69, 9.17) is 4.79 Å². The van der Waals surface area contributed by atoms with Gasteiger partial charge in [0.2, 0.25) is 0 Å². The molecule has 4 N–H and O–H groups in total. The second kappa shape index (κ2) is 7.65. The summed E-state index contributed by atoms with van der Waals surface area (Å²) in [6.45, 7) is 1.01. The third kappa shape index (κ3) is 5.55. The molecule has 8 heteroatoms. The topological polar surface area (TPSA) is 75.4 Å². The van der Waals surface area contributed by atoms with Crippen LogP contribution in [0.15, 0.2) is 18.2 Å². The van der Waals surface area contributed by atoms with E-state index in [1.54, 1.807) is 6.07 Å². The molecule has 0 unspecified atom stereocenters. The summed E-state index contributed by atoms with van der Waals surface area (Å²) in [7, 11) is 0. The summed E-state index contributed by atoms with van der Waals surface area (Å²) in [5.74, 6) is -1.88. The molecule has 0 aromatic heterocycles. The number of carbonyl (C=O) groups excluding carboxylic acids is 1. The van der Waals surface area contributed by atoms with E-state index in [0.717, 1.165) is 24.7 Å².